The minimum atomic E-state index is -3.85. The van der Waals surface area contributed by atoms with Gasteiger partial charge in [-0.05, 0) is 42.3 Å². The number of aryl methyl sites for hydroxylation is 1. The zero-order valence-electron chi connectivity index (χ0n) is 14.4. The van der Waals surface area contributed by atoms with E-state index in [-0.39, 0.29) is 17.1 Å². The second-order valence-electron chi connectivity index (χ2n) is 5.91. The third kappa shape index (κ3) is 3.13. The van der Waals surface area contributed by atoms with Crippen LogP contribution in [-0.4, -0.2) is 19.9 Å². The number of fused-ring (bicyclic) bond motifs is 1. The fraction of sp³-hybridized carbons (Fsp3) is 0.158. The molecular weight excluding hydrogens is 352 g/mol. The van der Waals surface area contributed by atoms with Gasteiger partial charge in [-0.2, -0.15) is 0 Å². The van der Waals surface area contributed by atoms with Crippen LogP contribution in [-0.2, 0) is 10.0 Å². The average molecular weight is 370 g/mol. The summed E-state index contributed by atoms with van der Waals surface area (Å²) in [5.74, 6) is 0. The standard InChI is InChI=1S/C19H18N2O4S/c1-3-20(19-13-17(21(22)23)10-8-14(19)2)26(24,25)18-11-9-15-6-4-5-7-16(15)12-18/h4-13H,3H2,1-2H3. The van der Waals surface area contributed by atoms with Crippen molar-refractivity contribution in [3.05, 3.63) is 76.3 Å². The summed E-state index contributed by atoms with van der Waals surface area (Å²) in [6.45, 7) is 3.60. The lowest BCUT2D eigenvalue weighted by Crippen LogP contribution is -2.31. The maximum Gasteiger partial charge on any atom is 0.271 e. The van der Waals surface area contributed by atoms with Crippen LogP contribution < -0.4 is 4.31 Å². The Balaban J connectivity index is 2.14. The van der Waals surface area contributed by atoms with Crippen molar-refractivity contribution in [3.8, 4) is 0 Å². The van der Waals surface area contributed by atoms with Crippen molar-refractivity contribution in [2.45, 2.75) is 18.7 Å². The summed E-state index contributed by atoms with van der Waals surface area (Å²) in [5, 5.41) is 12.8. The zero-order chi connectivity index (χ0) is 18.9. The number of nitrogens with zero attached hydrogens (tertiary/aromatic N) is 2. The van der Waals surface area contributed by atoms with E-state index < -0.39 is 14.9 Å². The van der Waals surface area contributed by atoms with Crippen molar-refractivity contribution in [3.63, 3.8) is 0 Å². The van der Waals surface area contributed by atoms with Gasteiger partial charge in [-0.1, -0.05) is 36.4 Å². The van der Waals surface area contributed by atoms with E-state index in [1.165, 1.54) is 16.4 Å². The van der Waals surface area contributed by atoms with Gasteiger partial charge in [0.1, 0.15) is 0 Å². The maximum absolute atomic E-state index is 13.2. The van der Waals surface area contributed by atoms with Crippen molar-refractivity contribution in [2.75, 3.05) is 10.8 Å². The molecule has 134 valence electrons. The van der Waals surface area contributed by atoms with Gasteiger partial charge in [0, 0.05) is 18.7 Å². The van der Waals surface area contributed by atoms with Crippen LogP contribution in [0, 0.1) is 17.0 Å². The van der Waals surface area contributed by atoms with Crippen LogP contribution >= 0.6 is 0 Å². The first-order valence-electron chi connectivity index (χ1n) is 8.11. The van der Waals surface area contributed by atoms with Crippen molar-refractivity contribution in [2.24, 2.45) is 0 Å². The predicted molar refractivity (Wildman–Crippen MR) is 102 cm³/mol. The lowest BCUT2D eigenvalue weighted by Gasteiger charge is -2.24. The molecule has 0 amide bonds. The molecule has 0 saturated carbocycles. The minimum Gasteiger partial charge on any atom is -0.266 e. The molecule has 3 rings (SSSR count). The monoisotopic (exact) mass is 370 g/mol. The molecule has 0 bridgehead atoms. The van der Waals surface area contributed by atoms with E-state index in [1.54, 1.807) is 38.1 Å². The highest BCUT2D eigenvalue weighted by atomic mass is 32.2. The number of benzene rings is 3. The molecule has 7 heteroatoms. The van der Waals surface area contributed by atoms with Gasteiger partial charge in [0.05, 0.1) is 15.5 Å². The number of nitro groups is 1. The Bertz CT molecular complexity index is 1090. The van der Waals surface area contributed by atoms with Gasteiger partial charge in [0.2, 0.25) is 0 Å². The Kier molecular flexibility index (Phi) is 4.65. The number of nitro benzene ring substituents is 1. The summed E-state index contributed by atoms with van der Waals surface area (Å²) in [6.07, 6.45) is 0. The van der Waals surface area contributed by atoms with E-state index >= 15 is 0 Å². The van der Waals surface area contributed by atoms with Gasteiger partial charge in [0.15, 0.2) is 0 Å². The lowest BCUT2D eigenvalue weighted by atomic mass is 10.1. The third-order valence-corrected chi connectivity index (χ3v) is 6.15. The Morgan fingerprint density at radius 1 is 1.00 bits per heavy atom. The van der Waals surface area contributed by atoms with Crippen LogP contribution in [0.4, 0.5) is 11.4 Å². The Morgan fingerprint density at radius 3 is 2.35 bits per heavy atom. The van der Waals surface area contributed by atoms with Crippen molar-refractivity contribution in [1.82, 2.24) is 0 Å². The number of hydrogen-bond donors (Lipinski definition) is 0. The topological polar surface area (TPSA) is 80.5 Å². The van der Waals surface area contributed by atoms with Crippen LogP contribution in [0.1, 0.15) is 12.5 Å². The van der Waals surface area contributed by atoms with E-state index in [9.17, 15) is 18.5 Å². The van der Waals surface area contributed by atoms with Crippen LogP contribution in [0.2, 0.25) is 0 Å². The van der Waals surface area contributed by atoms with Gasteiger partial charge in [-0.15, -0.1) is 0 Å². The van der Waals surface area contributed by atoms with Crippen molar-refractivity contribution >= 4 is 32.2 Å². The Hall–Kier alpha value is -2.93. The smallest absolute Gasteiger partial charge is 0.266 e. The highest BCUT2D eigenvalue weighted by Gasteiger charge is 2.26. The fourth-order valence-electron chi connectivity index (χ4n) is 2.90. The first kappa shape index (κ1) is 17.9. The molecule has 0 aliphatic heterocycles. The molecule has 6 nitrogen and oxygen atoms in total. The molecule has 0 spiro atoms. The number of sulfonamides is 1. The largest absolute Gasteiger partial charge is 0.271 e. The predicted octanol–water partition coefficient (Wildman–Crippen LogP) is 4.27. The third-order valence-electron chi connectivity index (χ3n) is 4.27. The number of hydrogen-bond acceptors (Lipinski definition) is 4. The highest BCUT2D eigenvalue weighted by molar-refractivity contribution is 7.92. The molecule has 0 N–H and O–H groups in total. The molecule has 0 aliphatic carbocycles. The van der Waals surface area contributed by atoms with E-state index in [1.807, 2.05) is 24.3 Å². The van der Waals surface area contributed by atoms with Crippen LogP contribution in [0.15, 0.2) is 65.6 Å². The quantitative estimate of drug-likeness (QED) is 0.496. The lowest BCUT2D eigenvalue weighted by molar-refractivity contribution is -0.384. The average Bonchev–Trinajstić information content (AvgIpc) is 2.63. The molecule has 0 unspecified atom stereocenters. The minimum absolute atomic E-state index is 0.141. The molecule has 3 aromatic rings. The number of rotatable bonds is 5. The summed E-state index contributed by atoms with van der Waals surface area (Å²) < 4.78 is 27.6. The van der Waals surface area contributed by atoms with Crippen LogP contribution in [0.3, 0.4) is 0 Å². The summed E-state index contributed by atoms with van der Waals surface area (Å²) in [7, 11) is -3.85. The van der Waals surface area contributed by atoms with E-state index in [0.717, 1.165) is 10.8 Å². The highest BCUT2D eigenvalue weighted by Crippen LogP contribution is 2.31. The number of non-ortho nitro benzene ring substituents is 1. The first-order chi connectivity index (χ1) is 12.3. The molecule has 0 atom stereocenters. The molecule has 0 radical (unpaired) electrons. The summed E-state index contributed by atoms with van der Waals surface area (Å²) in [5.41, 5.74) is 0.828. The molecular formula is C19H18N2O4S. The van der Waals surface area contributed by atoms with E-state index in [2.05, 4.69) is 0 Å². The molecule has 0 fully saturated rings. The summed E-state index contributed by atoms with van der Waals surface area (Å²) >= 11 is 0. The van der Waals surface area contributed by atoms with Crippen LogP contribution in [0.25, 0.3) is 10.8 Å². The molecule has 0 saturated heterocycles. The summed E-state index contributed by atoms with van der Waals surface area (Å²) in [4.78, 5) is 10.7. The SMILES string of the molecule is CCN(c1cc([N+](=O)[O-])ccc1C)S(=O)(=O)c1ccc2ccccc2c1. The van der Waals surface area contributed by atoms with Crippen molar-refractivity contribution in [1.29, 1.82) is 0 Å². The Morgan fingerprint density at radius 2 is 1.69 bits per heavy atom. The summed E-state index contributed by atoms with van der Waals surface area (Å²) in [6, 6.07) is 16.7. The fourth-order valence-corrected chi connectivity index (χ4v) is 4.47. The zero-order valence-corrected chi connectivity index (χ0v) is 15.2. The molecule has 26 heavy (non-hydrogen) atoms. The van der Waals surface area contributed by atoms with Gasteiger partial charge < -0.3 is 0 Å². The molecule has 0 heterocycles. The Labute approximate surface area is 151 Å². The maximum atomic E-state index is 13.2. The molecule has 0 aliphatic rings. The normalized spacial score (nSPS) is 11.5. The molecule has 3 aromatic carbocycles. The van der Waals surface area contributed by atoms with Gasteiger partial charge in [-0.3, -0.25) is 14.4 Å². The van der Waals surface area contributed by atoms with Crippen LogP contribution in [0.5, 0.6) is 0 Å². The first-order valence-corrected chi connectivity index (χ1v) is 9.55. The van der Waals surface area contributed by atoms with Crippen molar-refractivity contribution < 1.29 is 13.3 Å². The van der Waals surface area contributed by atoms with Gasteiger partial charge in [0.25, 0.3) is 15.7 Å². The van der Waals surface area contributed by atoms with E-state index in [4.69, 9.17) is 0 Å². The van der Waals surface area contributed by atoms with Gasteiger partial charge in [-0.25, -0.2) is 8.42 Å². The second kappa shape index (κ2) is 6.76. The molecule has 0 aromatic heterocycles. The van der Waals surface area contributed by atoms with E-state index in [0.29, 0.717) is 11.3 Å². The number of anilines is 1. The van der Waals surface area contributed by atoms with Gasteiger partial charge >= 0.3 is 0 Å². The second-order valence-corrected chi connectivity index (χ2v) is 7.77.